The van der Waals surface area contributed by atoms with Crippen LogP contribution in [0.25, 0.3) is 0 Å². The summed E-state index contributed by atoms with van der Waals surface area (Å²) in [6.45, 7) is 3.95. The average Bonchev–Trinajstić information content (AvgIpc) is 2.10. The lowest BCUT2D eigenvalue weighted by Crippen LogP contribution is -1.82. The summed E-state index contributed by atoms with van der Waals surface area (Å²) in [5, 5.41) is 8.52. The Bertz CT molecular complexity index is 116. The normalized spacial score (nSPS) is 10.8. The number of unbranched alkanes of at least 4 members (excludes halogenated alkanes) is 5. The molecule has 1 N–H and O–H groups in total. The fraction of sp³-hybridized carbons (Fsp3) is 0.636. The van der Waals surface area contributed by atoms with Crippen LogP contribution in [0.2, 0.25) is 0 Å². The van der Waals surface area contributed by atoms with E-state index in [1.54, 1.807) is 0 Å². The van der Waals surface area contributed by atoms with Gasteiger partial charge in [-0.3, -0.25) is 0 Å². The number of hydrogen-bond acceptors (Lipinski definition) is 1. The van der Waals surface area contributed by atoms with Gasteiger partial charge in [0.25, 0.3) is 0 Å². The first-order valence-electron chi connectivity index (χ1n) is 4.80. The molecule has 0 aromatic rings. The molecule has 0 aliphatic rings. The topological polar surface area (TPSA) is 20.2 Å². The minimum Gasteiger partial charge on any atom is -0.396 e. The highest BCUT2D eigenvalue weighted by Crippen LogP contribution is 2.05. The third-order valence-corrected chi connectivity index (χ3v) is 1.80. The van der Waals surface area contributed by atoms with Crippen LogP contribution in [0.1, 0.15) is 38.5 Å². The van der Waals surface area contributed by atoms with E-state index in [2.05, 4.69) is 12.7 Å². The predicted octanol–water partition coefficient (Wildman–Crippen LogP) is 3.06. The Labute approximate surface area is 75.8 Å². The van der Waals surface area contributed by atoms with E-state index in [0.717, 1.165) is 12.8 Å². The van der Waals surface area contributed by atoms with E-state index in [1.165, 1.54) is 25.7 Å². The highest BCUT2D eigenvalue weighted by molar-refractivity contribution is 4.96. The molecule has 0 aliphatic carbocycles. The minimum absolute atomic E-state index is 0.344. The van der Waals surface area contributed by atoms with E-state index in [4.69, 9.17) is 5.11 Å². The number of aliphatic hydroxyl groups is 1. The molecule has 0 unspecified atom stereocenters. The Morgan fingerprint density at radius 3 is 2.33 bits per heavy atom. The summed E-state index contributed by atoms with van der Waals surface area (Å²) in [5.41, 5.74) is 0. The molecule has 0 atom stereocenters. The maximum absolute atomic E-state index is 8.52. The maximum atomic E-state index is 8.52. The van der Waals surface area contributed by atoms with Crippen LogP contribution in [0.4, 0.5) is 0 Å². The molecule has 0 aromatic carbocycles. The zero-order valence-corrected chi connectivity index (χ0v) is 7.84. The van der Waals surface area contributed by atoms with E-state index in [-0.39, 0.29) is 0 Å². The lowest BCUT2D eigenvalue weighted by molar-refractivity contribution is 0.282. The van der Waals surface area contributed by atoms with Gasteiger partial charge in [-0.1, -0.05) is 44.1 Å². The summed E-state index contributed by atoms with van der Waals surface area (Å²) in [5.74, 6) is 0. The molecule has 0 radical (unpaired) electrons. The molecule has 0 fully saturated rings. The maximum Gasteiger partial charge on any atom is 0.0431 e. The van der Waals surface area contributed by atoms with Crippen LogP contribution < -0.4 is 0 Å². The molecule has 0 saturated heterocycles. The van der Waals surface area contributed by atoms with Crippen LogP contribution in [0.15, 0.2) is 24.8 Å². The Balaban J connectivity index is 2.90. The van der Waals surface area contributed by atoms with Crippen molar-refractivity contribution in [1.82, 2.24) is 0 Å². The van der Waals surface area contributed by atoms with Crippen molar-refractivity contribution in [3.63, 3.8) is 0 Å². The summed E-state index contributed by atoms with van der Waals surface area (Å²) in [6, 6.07) is 0. The van der Waals surface area contributed by atoms with E-state index in [0.29, 0.717) is 6.61 Å². The summed E-state index contributed by atoms with van der Waals surface area (Å²) >= 11 is 0. The van der Waals surface area contributed by atoms with Crippen LogP contribution >= 0.6 is 0 Å². The molecule has 0 amide bonds. The molecule has 0 rings (SSSR count). The van der Waals surface area contributed by atoms with Gasteiger partial charge in [0.05, 0.1) is 0 Å². The summed E-state index contributed by atoms with van der Waals surface area (Å²) in [7, 11) is 0. The van der Waals surface area contributed by atoms with Gasteiger partial charge in [-0.25, -0.2) is 0 Å². The van der Waals surface area contributed by atoms with Gasteiger partial charge in [-0.05, 0) is 19.3 Å². The quantitative estimate of drug-likeness (QED) is 0.436. The van der Waals surface area contributed by atoms with Crippen molar-refractivity contribution in [3.8, 4) is 0 Å². The van der Waals surface area contributed by atoms with Gasteiger partial charge in [0.15, 0.2) is 0 Å². The van der Waals surface area contributed by atoms with Gasteiger partial charge in [0.2, 0.25) is 0 Å². The van der Waals surface area contributed by atoms with Gasteiger partial charge in [-0.2, -0.15) is 0 Å². The molecule has 0 aliphatic heterocycles. The molecule has 0 heterocycles. The van der Waals surface area contributed by atoms with Crippen LogP contribution in [0.5, 0.6) is 0 Å². The van der Waals surface area contributed by atoms with Gasteiger partial charge < -0.3 is 5.11 Å². The third-order valence-electron chi connectivity index (χ3n) is 1.80. The van der Waals surface area contributed by atoms with Gasteiger partial charge in [-0.15, -0.1) is 0 Å². The van der Waals surface area contributed by atoms with Gasteiger partial charge in [0.1, 0.15) is 0 Å². The Morgan fingerprint density at radius 1 is 1.00 bits per heavy atom. The second-order valence-electron chi connectivity index (χ2n) is 2.94. The average molecular weight is 168 g/mol. The van der Waals surface area contributed by atoms with Crippen molar-refractivity contribution in [1.29, 1.82) is 0 Å². The molecule has 0 bridgehead atoms. The van der Waals surface area contributed by atoms with E-state index >= 15 is 0 Å². The van der Waals surface area contributed by atoms with Crippen LogP contribution in [-0.2, 0) is 0 Å². The molecule has 1 heteroatoms. The molecular formula is C11H20O. The van der Waals surface area contributed by atoms with Gasteiger partial charge >= 0.3 is 0 Å². The number of allylic oxidation sites excluding steroid dienone is 3. The summed E-state index contributed by atoms with van der Waals surface area (Å²) in [4.78, 5) is 0. The lowest BCUT2D eigenvalue weighted by Gasteiger charge is -1.96. The highest BCUT2D eigenvalue weighted by atomic mass is 16.2. The van der Waals surface area contributed by atoms with Crippen LogP contribution in [0, 0.1) is 0 Å². The van der Waals surface area contributed by atoms with E-state index in [1.807, 2.05) is 12.2 Å². The fourth-order valence-corrected chi connectivity index (χ4v) is 1.10. The fourth-order valence-electron chi connectivity index (χ4n) is 1.10. The van der Waals surface area contributed by atoms with Crippen LogP contribution in [-0.4, -0.2) is 11.7 Å². The number of aliphatic hydroxyl groups excluding tert-OH is 1. The van der Waals surface area contributed by atoms with Gasteiger partial charge in [0, 0.05) is 6.61 Å². The molecule has 0 aromatic heterocycles. The number of rotatable bonds is 8. The van der Waals surface area contributed by atoms with Crippen molar-refractivity contribution >= 4 is 0 Å². The Hall–Kier alpha value is -0.560. The molecule has 0 saturated carbocycles. The Kier molecular flexibility index (Phi) is 9.95. The largest absolute Gasteiger partial charge is 0.396 e. The van der Waals surface area contributed by atoms with Crippen molar-refractivity contribution in [3.05, 3.63) is 24.8 Å². The lowest BCUT2D eigenvalue weighted by atomic mass is 10.1. The molecule has 12 heavy (non-hydrogen) atoms. The number of hydrogen-bond donors (Lipinski definition) is 1. The molecule has 1 nitrogen and oxygen atoms in total. The SMILES string of the molecule is C=C/C=C/CCCCCCCO. The van der Waals surface area contributed by atoms with Crippen molar-refractivity contribution in [2.24, 2.45) is 0 Å². The molecular weight excluding hydrogens is 148 g/mol. The zero-order chi connectivity index (χ0) is 9.07. The van der Waals surface area contributed by atoms with E-state index in [9.17, 15) is 0 Å². The zero-order valence-electron chi connectivity index (χ0n) is 7.84. The summed E-state index contributed by atoms with van der Waals surface area (Å²) in [6.07, 6.45) is 13.0. The highest BCUT2D eigenvalue weighted by Gasteiger charge is 1.87. The molecule has 70 valence electrons. The van der Waals surface area contributed by atoms with Crippen LogP contribution in [0.3, 0.4) is 0 Å². The smallest absolute Gasteiger partial charge is 0.0431 e. The van der Waals surface area contributed by atoms with Crippen molar-refractivity contribution < 1.29 is 5.11 Å². The monoisotopic (exact) mass is 168 g/mol. The summed E-state index contributed by atoms with van der Waals surface area (Å²) < 4.78 is 0. The third kappa shape index (κ3) is 9.44. The minimum atomic E-state index is 0.344. The first-order chi connectivity index (χ1) is 5.91. The Morgan fingerprint density at radius 2 is 1.67 bits per heavy atom. The van der Waals surface area contributed by atoms with Crippen molar-refractivity contribution in [2.75, 3.05) is 6.61 Å². The second kappa shape index (κ2) is 10.4. The standard InChI is InChI=1S/C11H20O/c1-2-3-4-5-6-7-8-9-10-11-12/h2-4,12H,1,5-11H2/b4-3+. The predicted molar refractivity (Wildman–Crippen MR) is 54.1 cm³/mol. The first kappa shape index (κ1) is 11.4. The van der Waals surface area contributed by atoms with E-state index < -0.39 is 0 Å². The second-order valence-corrected chi connectivity index (χ2v) is 2.94. The first-order valence-corrected chi connectivity index (χ1v) is 4.80. The molecule has 0 spiro atoms. The van der Waals surface area contributed by atoms with Crippen molar-refractivity contribution in [2.45, 2.75) is 38.5 Å².